The van der Waals surface area contributed by atoms with Gasteiger partial charge in [-0.25, -0.2) is 4.98 Å². The van der Waals surface area contributed by atoms with E-state index < -0.39 is 0 Å². The summed E-state index contributed by atoms with van der Waals surface area (Å²) in [6, 6.07) is 5.53. The summed E-state index contributed by atoms with van der Waals surface area (Å²) >= 11 is 9.33. The van der Waals surface area contributed by atoms with E-state index >= 15 is 0 Å². The summed E-state index contributed by atoms with van der Waals surface area (Å²) < 4.78 is 13.4. The molecule has 0 amide bonds. The molecule has 18 heavy (non-hydrogen) atoms. The number of nitrogens with zero attached hydrogens (tertiary/aromatic N) is 2. The third-order valence-corrected chi connectivity index (χ3v) is 3.49. The first-order valence-corrected chi connectivity index (χ1v) is 6.41. The van der Waals surface area contributed by atoms with Crippen molar-refractivity contribution in [1.29, 1.82) is 0 Å². The zero-order valence-corrected chi connectivity index (χ0v) is 12.3. The van der Waals surface area contributed by atoms with Crippen LogP contribution in [0.15, 0.2) is 28.9 Å². The van der Waals surface area contributed by atoms with Crippen LogP contribution in [0.4, 0.5) is 0 Å². The molecule has 0 saturated heterocycles. The van der Waals surface area contributed by atoms with Gasteiger partial charge in [-0.2, -0.15) is 0 Å². The zero-order valence-electron chi connectivity index (χ0n) is 9.98. The summed E-state index contributed by atoms with van der Waals surface area (Å²) in [6.07, 6.45) is 1.60. The molecule has 96 valence electrons. The van der Waals surface area contributed by atoms with Gasteiger partial charge in [0, 0.05) is 7.05 Å². The lowest BCUT2D eigenvalue weighted by atomic mass is 10.3. The second-order valence-electron chi connectivity index (χ2n) is 3.64. The highest BCUT2D eigenvalue weighted by molar-refractivity contribution is 9.10. The van der Waals surface area contributed by atoms with Crippen LogP contribution >= 0.6 is 27.5 Å². The summed E-state index contributed by atoms with van der Waals surface area (Å²) in [4.78, 5) is 4.16. The highest BCUT2D eigenvalue weighted by Gasteiger charge is 2.07. The Balaban J connectivity index is 2.08. The Labute approximate surface area is 119 Å². The number of benzene rings is 1. The number of rotatable bonds is 4. The van der Waals surface area contributed by atoms with E-state index in [0.717, 1.165) is 21.8 Å². The van der Waals surface area contributed by atoms with Crippen LogP contribution in [-0.2, 0) is 13.7 Å². The highest BCUT2D eigenvalue weighted by Crippen LogP contribution is 2.29. The number of methoxy groups -OCH3 is 1. The van der Waals surface area contributed by atoms with Gasteiger partial charge in [0.05, 0.1) is 17.8 Å². The van der Waals surface area contributed by atoms with Crippen molar-refractivity contribution in [1.82, 2.24) is 9.55 Å². The monoisotopic (exact) mass is 330 g/mol. The Hall–Kier alpha value is -1.20. The van der Waals surface area contributed by atoms with E-state index in [1.165, 1.54) is 0 Å². The summed E-state index contributed by atoms with van der Waals surface area (Å²) in [5.74, 6) is 2.27. The molecule has 2 rings (SSSR count). The van der Waals surface area contributed by atoms with E-state index in [1.807, 2.05) is 25.2 Å². The SMILES string of the molecule is COc1ccc(OCc2ncc(Cl)n2C)c(Br)c1. The van der Waals surface area contributed by atoms with Crippen LogP contribution in [0.1, 0.15) is 5.82 Å². The summed E-state index contributed by atoms with van der Waals surface area (Å²) in [5.41, 5.74) is 0. The molecule has 4 nitrogen and oxygen atoms in total. The van der Waals surface area contributed by atoms with Crippen LogP contribution in [0.3, 0.4) is 0 Å². The van der Waals surface area contributed by atoms with E-state index in [-0.39, 0.29) is 0 Å². The van der Waals surface area contributed by atoms with Crippen molar-refractivity contribution < 1.29 is 9.47 Å². The molecule has 1 heterocycles. The summed E-state index contributed by atoms with van der Waals surface area (Å²) in [5, 5.41) is 0.586. The number of halogens is 2. The second kappa shape index (κ2) is 5.63. The van der Waals surface area contributed by atoms with E-state index in [2.05, 4.69) is 20.9 Å². The van der Waals surface area contributed by atoms with Crippen LogP contribution in [-0.4, -0.2) is 16.7 Å². The van der Waals surface area contributed by atoms with E-state index in [9.17, 15) is 0 Å². The topological polar surface area (TPSA) is 36.3 Å². The molecule has 1 aromatic heterocycles. The highest BCUT2D eigenvalue weighted by atomic mass is 79.9. The molecule has 0 spiro atoms. The summed E-state index contributed by atoms with van der Waals surface area (Å²) in [6.45, 7) is 0.355. The zero-order chi connectivity index (χ0) is 13.1. The van der Waals surface area contributed by atoms with Crippen molar-refractivity contribution in [3.8, 4) is 11.5 Å². The first kappa shape index (κ1) is 13.2. The Morgan fingerprint density at radius 2 is 2.22 bits per heavy atom. The third kappa shape index (κ3) is 2.79. The minimum absolute atomic E-state index is 0.355. The molecule has 0 atom stereocenters. The second-order valence-corrected chi connectivity index (χ2v) is 4.88. The molecule has 0 fully saturated rings. The number of ether oxygens (including phenoxy) is 2. The lowest BCUT2D eigenvalue weighted by Gasteiger charge is -2.09. The predicted octanol–water partition coefficient (Wildman–Crippen LogP) is 3.42. The standard InChI is InChI=1S/C12H12BrClN2O2/c1-16-11(14)6-15-12(16)7-18-10-4-3-8(17-2)5-9(10)13/h3-6H,7H2,1-2H3. The van der Waals surface area contributed by atoms with Gasteiger partial charge in [-0.05, 0) is 34.1 Å². The average Bonchev–Trinajstić information content (AvgIpc) is 2.68. The van der Waals surface area contributed by atoms with Gasteiger partial charge < -0.3 is 14.0 Å². The maximum Gasteiger partial charge on any atom is 0.147 e. The van der Waals surface area contributed by atoms with Gasteiger partial charge >= 0.3 is 0 Å². The first-order chi connectivity index (χ1) is 8.61. The number of hydrogen-bond acceptors (Lipinski definition) is 3. The van der Waals surface area contributed by atoms with Gasteiger partial charge in [0.2, 0.25) is 0 Å². The van der Waals surface area contributed by atoms with E-state index in [0.29, 0.717) is 11.8 Å². The predicted molar refractivity (Wildman–Crippen MR) is 73.2 cm³/mol. The fourth-order valence-corrected chi connectivity index (χ4v) is 2.04. The van der Waals surface area contributed by atoms with E-state index in [1.54, 1.807) is 17.9 Å². The smallest absolute Gasteiger partial charge is 0.147 e. The Kier molecular flexibility index (Phi) is 4.14. The minimum Gasteiger partial charge on any atom is -0.497 e. The fourth-order valence-electron chi connectivity index (χ4n) is 1.43. The molecular formula is C12H12BrClN2O2. The van der Waals surface area contributed by atoms with Gasteiger partial charge in [0.1, 0.15) is 29.1 Å². The van der Waals surface area contributed by atoms with Crippen molar-refractivity contribution in [2.45, 2.75) is 6.61 Å². The van der Waals surface area contributed by atoms with Gasteiger partial charge in [-0.1, -0.05) is 11.6 Å². The molecule has 0 unspecified atom stereocenters. The van der Waals surface area contributed by atoms with Crippen LogP contribution in [0.5, 0.6) is 11.5 Å². The molecule has 0 bridgehead atoms. The molecule has 1 aromatic carbocycles. The van der Waals surface area contributed by atoms with E-state index in [4.69, 9.17) is 21.1 Å². The number of hydrogen-bond donors (Lipinski definition) is 0. The van der Waals surface area contributed by atoms with Crippen molar-refractivity contribution in [3.05, 3.63) is 39.8 Å². The molecule has 0 radical (unpaired) electrons. The molecule has 0 aliphatic heterocycles. The van der Waals surface area contributed by atoms with Crippen molar-refractivity contribution in [2.24, 2.45) is 7.05 Å². The number of aromatic nitrogens is 2. The van der Waals surface area contributed by atoms with Gasteiger partial charge in [0.25, 0.3) is 0 Å². The first-order valence-electron chi connectivity index (χ1n) is 5.24. The summed E-state index contributed by atoms with van der Waals surface area (Å²) in [7, 11) is 3.47. The third-order valence-electron chi connectivity index (χ3n) is 2.52. The Morgan fingerprint density at radius 1 is 1.44 bits per heavy atom. The van der Waals surface area contributed by atoms with Gasteiger partial charge in [-0.3, -0.25) is 0 Å². The van der Waals surface area contributed by atoms with Crippen LogP contribution in [0.25, 0.3) is 0 Å². The molecule has 0 N–H and O–H groups in total. The fraction of sp³-hybridized carbons (Fsp3) is 0.250. The van der Waals surface area contributed by atoms with Crippen LogP contribution < -0.4 is 9.47 Å². The average molecular weight is 332 g/mol. The molecule has 0 saturated carbocycles. The maximum atomic E-state index is 5.90. The number of imidazole rings is 1. The quantitative estimate of drug-likeness (QED) is 0.861. The van der Waals surface area contributed by atoms with Gasteiger partial charge in [0.15, 0.2) is 0 Å². The molecule has 0 aliphatic carbocycles. The van der Waals surface area contributed by atoms with Crippen molar-refractivity contribution >= 4 is 27.5 Å². The Bertz CT molecular complexity index is 557. The molecule has 0 aliphatic rings. The minimum atomic E-state index is 0.355. The lowest BCUT2D eigenvalue weighted by molar-refractivity contribution is 0.289. The largest absolute Gasteiger partial charge is 0.497 e. The van der Waals surface area contributed by atoms with Crippen molar-refractivity contribution in [2.75, 3.05) is 7.11 Å². The Morgan fingerprint density at radius 3 is 2.78 bits per heavy atom. The normalized spacial score (nSPS) is 10.4. The molecular weight excluding hydrogens is 320 g/mol. The van der Waals surface area contributed by atoms with Crippen LogP contribution in [0.2, 0.25) is 5.15 Å². The van der Waals surface area contributed by atoms with Gasteiger partial charge in [-0.15, -0.1) is 0 Å². The molecule has 2 aromatic rings. The molecule has 6 heteroatoms. The van der Waals surface area contributed by atoms with Crippen molar-refractivity contribution in [3.63, 3.8) is 0 Å². The van der Waals surface area contributed by atoms with Crippen LogP contribution in [0, 0.1) is 0 Å². The maximum absolute atomic E-state index is 5.90. The lowest BCUT2D eigenvalue weighted by Crippen LogP contribution is -2.03.